The SMILES string of the molecule is S=C(Nc1cc(Cl)cc(Cl)c1)Nc1ccn(Cc2cccc3ccccc23)n1. The van der Waals surface area contributed by atoms with E-state index in [1.165, 1.54) is 16.3 Å². The minimum Gasteiger partial charge on any atom is -0.332 e. The Labute approximate surface area is 178 Å². The first-order valence-electron chi connectivity index (χ1n) is 8.61. The van der Waals surface area contributed by atoms with Crippen molar-refractivity contribution in [2.75, 3.05) is 10.6 Å². The van der Waals surface area contributed by atoms with Gasteiger partial charge in [0.15, 0.2) is 10.9 Å². The maximum atomic E-state index is 6.01. The van der Waals surface area contributed by atoms with Crippen molar-refractivity contribution in [3.8, 4) is 0 Å². The van der Waals surface area contributed by atoms with E-state index in [-0.39, 0.29) is 0 Å². The molecular weight excluding hydrogens is 411 g/mol. The van der Waals surface area contributed by atoms with E-state index in [2.05, 4.69) is 46.1 Å². The third-order valence-corrected chi connectivity index (χ3v) is 4.86. The Hall–Kier alpha value is -2.60. The third kappa shape index (κ3) is 4.44. The number of nitrogens with zero attached hydrogens (tertiary/aromatic N) is 2. The van der Waals surface area contributed by atoms with Gasteiger partial charge in [0.05, 0.1) is 6.54 Å². The summed E-state index contributed by atoms with van der Waals surface area (Å²) < 4.78 is 1.88. The molecule has 3 aromatic carbocycles. The van der Waals surface area contributed by atoms with Crippen molar-refractivity contribution in [3.05, 3.63) is 88.5 Å². The number of rotatable bonds is 4. The van der Waals surface area contributed by atoms with Crippen LogP contribution in [0.5, 0.6) is 0 Å². The highest BCUT2D eigenvalue weighted by Crippen LogP contribution is 2.23. The number of anilines is 2. The van der Waals surface area contributed by atoms with Crippen LogP contribution in [0.1, 0.15) is 5.56 Å². The predicted molar refractivity (Wildman–Crippen MR) is 122 cm³/mol. The van der Waals surface area contributed by atoms with Crippen molar-refractivity contribution < 1.29 is 0 Å². The zero-order valence-corrected chi connectivity index (χ0v) is 17.0. The van der Waals surface area contributed by atoms with Gasteiger partial charge >= 0.3 is 0 Å². The molecule has 140 valence electrons. The molecule has 0 atom stereocenters. The minimum atomic E-state index is 0.411. The molecular formula is C21H16Cl2N4S. The lowest BCUT2D eigenvalue weighted by atomic mass is 10.0. The summed E-state index contributed by atoms with van der Waals surface area (Å²) in [6.07, 6.45) is 1.92. The summed E-state index contributed by atoms with van der Waals surface area (Å²) in [7, 11) is 0. The van der Waals surface area contributed by atoms with Gasteiger partial charge in [-0.1, -0.05) is 65.7 Å². The van der Waals surface area contributed by atoms with Gasteiger partial charge in [-0.05, 0) is 46.8 Å². The van der Waals surface area contributed by atoms with Crippen LogP contribution in [0.3, 0.4) is 0 Å². The van der Waals surface area contributed by atoms with E-state index in [0.717, 1.165) is 0 Å². The van der Waals surface area contributed by atoms with E-state index >= 15 is 0 Å². The zero-order valence-electron chi connectivity index (χ0n) is 14.7. The molecule has 1 aromatic heterocycles. The van der Waals surface area contributed by atoms with Crippen molar-refractivity contribution in [1.29, 1.82) is 0 Å². The van der Waals surface area contributed by atoms with E-state index < -0.39 is 0 Å². The number of nitrogens with one attached hydrogen (secondary N) is 2. The molecule has 7 heteroatoms. The summed E-state index contributed by atoms with van der Waals surface area (Å²) >= 11 is 17.4. The predicted octanol–water partition coefficient (Wildman–Crippen LogP) is 6.20. The van der Waals surface area contributed by atoms with Gasteiger partial charge in [-0.25, -0.2) is 0 Å². The van der Waals surface area contributed by atoms with E-state index in [1.54, 1.807) is 18.2 Å². The molecule has 0 aliphatic heterocycles. The maximum absolute atomic E-state index is 6.01. The normalized spacial score (nSPS) is 10.8. The molecule has 4 rings (SSSR count). The molecule has 0 saturated heterocycles. The summed E-state index contributed by atoms with van der Waals surface area (Å²) in [5, 5.41) is 14.6. The average molecular weight is 427 g/mol. The van der Waals surface area contributed by atoms with Crippen molar-refractivity contribution in [1.82, 2.24) is 9.78 Å². The molecule has 4 nitrogen and oxygen atoms in total. The Kier molecular flexibility index (Phi) is 5.48. The molecule has 0 aliphatic carbocycles. The van der Waals surface area contributed by atoms with Gasteiger partial charge < -0.3 is 10.6 Å². The molecule has 0 aliphatic rings. The Morgan fingerprint density at radius 2 is 1.68 bits per heavy atom. The molecule has 0 bridgehead atoms. The van der Waals surface area contributed by atoms with Crippen molar-refractivity contribution in [3.63, 3.8) is 0 Å². The zero-order chi connectivity index (χ0) is 19.5. The Bertz CT molecular complexity index is 1130. The molecule has 4 aromatic rings. The van der Waals surface area contributed by atoms with E-state index in [0.29, 0.717) is 33.2 Å². The number of thiocarbonyl (C=S) groups is 1. The maximum Gasteiger partial charge on any atom is 0.176 e. The van der Waals surface area contributed by atoms with Crippen LogP contribution in [0.4, 0.5) is 11.5 Å². The van der Waals surface area contributed by atoms with E-state index in [9.17, 15) is 0 Å². The van der Waals surface area contributed by atoms with Crippen LogP contribution in [0, 0.1) is 0 Å². The third-order valence-electron chi connectivity index (χ3n) is 4.21. The lowest BCUT2D eigenvalue weighted by Crippen LogP contribution is -2.19. The van der Waals surface area contributed by atoms with Crippen LogP contribution in [0.25, 0.3) is 10.8 Å². The lowest BCUT2D eigenvalue weighted by Gasteiger charge is -2.10. The number of fused-ring (bicyclic) bond motifs is 1. The van der Waals surface area contributed by atoms with Crippen molar-refractivity contribution >= 4 is 62.8 Å². The van der Waals surface area contributed by atoms with Crippen LogP contribution in [0.2, 0.25) is 10.0 Å². The number of aromatic nitrogens is 2. The molecule has 0 amide bonds. The molecule has 0 spiro atoms. The van der Waals surface area contributed by atoms with Crippen LogP contribution in [0.15, 0.2) is 72.9 Å². The first-order chi connectivity index (χ1) is 13.6. The van der Waals surface area contributed by atoms with Gasteiger partial charge in [-0.3, -0.25) is 4.68 Å². The molecule has 0 radical (unpaired) electrons. The Morgan fingerprint density at radius 1 is 0.929 bits per heavy atom. The molecule has 0 saturated carbocycles. The second-order valence-electron chi connectivity index (χ2n) is 6.27. The molecule has 0 unspecified atom stereocenters. The average Bonchev–Trinajstić information content (AvgIpc) is 3.08. The second kappa shape index (κ2) is 8.19. The number of benzene rings is 3. The lowest BCUT2D eigenvalue weighted by molar-refractivity contribution is 0.693. The number of halogens is 2. The molecule has 28 heavy (non-hydrogen) atoms. The Morgan fingerprint density at radius 3 is 2.50 bits per heavy atom. The quantitative estimate of drug-likeness (QED) is 0.381. The van der Waals surface area contributed by atoms with Crippen LogP contribution in [-0.2, 0) is 6.54 Å². The van der Waals surface area contributed by atoms with Gasteiger partial charge in [0.25, 0.3) is 0 Å². The smallest absolute Gasteiger partial charge is 0.176 e. The van der Waals surface area contributed by atoms with E-state index in [4.69, 9.17) is 35.4 Å². The topological polar surface area (TPSA) is 41.9 Å². The van der Waals surface area contributed by atoms with Crippen LogP contribution in [-0.4, -0.2) is 14.9 Å². The number of hydrogen-bond donors (Lipinski definition) is 2. The fraction of sp³-hybridized carbons (Fsp3) is 0.0476. The standard InChI is InChI=1S/C21H16Cl2N4S/c22-16-10-17(23)12-18(11-16)24-21(28)25-20-8-9-27(26-20)13-15-6-3-5-14-4-1-2-7-19(14)15/h1-12H,13H2,(H2,24,25,26,28). The fourth-order valence-electron chi connectivity index (χ4n) is 3.03. The highest BCUT2D eigenvalue weighted by Gasteiger charge is 2.06. The highest BCUT2D eigenvalue weighted by atomic mass is 35.5. The molecule has 2 N–H and O–H groups in total. The van der Waals surface area contributed by atoms with Crippen molar-refractivity contribution in [2.45, 2.75) is 6.54 Å². The largest absolute Gasteiger partial charge is 0.332 e. The summed E-state index contributed by atoms with van der Waals surface area (Å²) in [5.74, 6) is 0.658. The van der Waals surface area contributed by atoms with Crippen molar-refractivity contribution in [2.24, 2.45) is 0 Å². The monoisotopic (exact) mass is 426 g/mol. The summed E-state index contributed by atoms with van der Waals surface area (Å²) in [5.41, 5.74) is 1.92. The number of hydrogen-bond acceptors (Lipinski definition) is 2. The van der Waals surface area contributed by atoms with Gasteiger partial charge in [-0.15, -0.1) is 0 Å². The highest BCUT2D eigenvalue weighted by molar-refractivity contribution is 7.80. The van der Waals surface area contributed by atoms with Crippen LogP contribution >= 0.6 is 35.4 Å². The minimum absolute atomic E-state index is 0.411. The summed E-state index contributed by atoms with van der Waals surface area (Å²) in [4.78, 5) is 0. The molecule has 1 heterocycles. The fourth-order valence-corrected chi connectivity index (χ4v) is 3.77. The summed E-state index contributed by atoms with van der Waals surface area (Å²) in [6, 6.07) is 21.7. The first kappa shape index (κ1) is 18.7. The Balaban J connectivity index is 1.44. The van der Waals surface area contributed by atoms with Crippen LogP contribution < -0.4 is 10.6 Å². The first-order valence-corrected chi connectivity index (χ1v) is 9.77. The van der Waals surface area contributed by atoms with Gasteiger partial charge in [0, 0.05) is 28.0 Å². The van der Waals surface area contributed by atoms with Gasteiger partial charge in [-0.2, -0.15) is 5.10 Å². The summed E-state index contributed by atoms with van der Waals surface area (Å²) in [6.45, 7) is 0.674. The second-order valence-corrected chi connectivity index (χ2v) is 7.56. The van der Waals surface area contributed by atoms with E-state index in [1.807, 2.05) is 29.1 Å². The van der Waals surface area contributed by atoms with Gasteiger partial charge in [0.1, 0.15) is 0 Å². The van der Waals surface area contributed by atoms with Gasteiger partial charge in [0.2, 0.25) is 0 Å². The molecule has 0 fully saturated rings.